The van der Waals surface area contributed by atoms with Crippen molar-refractivity contribution in [1.82, 2.24) is 9.80 Å². The monoisotopic (exact) mass is 262 g/mol. The van der Waals surface area contributed by atoms with E-state index in [2.05, 4.69) is 23.9 Å². The summed E-state index contributed by atoms with van der Waals surface area (Å²) in [6.45, 7) is 3.29. The molecule has 3 heteroatoms. The Kier molecular flexibility index (Phi) is 5.37. The highest BCUT2D eigenvalue weighted by atomic mass is 16.3. The Bertz CT molecular complexity index is 366. The molecule has 1 fully saturated rings. The standard InChI is InChI=1S/C16H26N2O/c1-17(2)15-9-6-11-18(13-15)12-10-16(19)14-7-4-3-5-8-14/h3-5,7-8,15-16,19H,6,9-13H2,1-2H3. The summed E-state index contributed by atoms with van der Waals surface area (Å²) in [5, 5.41) is 10.2. The number of hydrogen-bond donors (Lipinski definition) is 1. The van der Waals surface area contributed by atoms with Crippen LogP contribution >= 0.6 is 0 Å². The molecule has 0 aliphatic carbocycles. The molecule has 0 spiro atoms. The Labute approximate surface area is 116 Å². The smallest absolute Gasteiger partial charge is 0.0802 e. The van der Waals surface area contributed by atoms with Gasteiger partial charge in [0, 0.05) is 19.1 Å². The molecule has 0 radical (unpaired) electrons. The second-order valence-electron chi connectivity index (χ2n) is 5.78. The Morgan fingerprint density at radius 1 is 1.32 bits per heavy atom. The van der Waals surface area contributed by atoms with Crippen LogP contribution in [0.25, 0.3) is 0 Å². The third-order valence-electron chi connectivity index (χ3n) is 4.11. The van der Waals surface area contributed by atoms with Crippen LogP contribution in [0.3, 0.4) is 0 Å². The van der Waals surface area contributed by atoms with Crippen molar-refractivity contribution in [3.05, 3.63) is 35.9 Å². The van der Waals surface area contributed by atoms with E-state index in [0.29, 0.717) is 6.04 Å². The third-order valence-corrected chi connectivity index (χ3v) is 4.11. The number of nitrogens with zero attached hydrogens (tertiary/aromatic N) is 2. The normalized spacial score (nSPS) is 22.6. The molecule has 2 rings (SSSR count). The number of piperidine rings is 1. The van der Waals surface area contributed by atoms with Gasteiger partial charge in [0.2, 0.25) is 0 Å². The van der Waals surface area contributed by atoms with Gasteiger partial charge in [-0.3, -0.25) is 0 Å². The van der Waals surface area contributed by atoms with E-state index in [1.54, 1.807) is 0 Å². The average molecular weight is 262 g/mol. The molecule has 0 aromatic heterocycles. The van der Waals surface area contributed by atoms with E-state index in [9.17, 15) is 5.11 Å². The van der Waals surface area contributed by atoms with Gasteiger partial charge < -0.3 is 14.9 Å². The van der Waals surface area contributed by atoms with Crippen LogP contribution in [-0.2, 0) is 0 Å². The van der Waals surface area contributed by atoms with Gasteiger partial charge in [-0.25, -0.2) is 0 Å². The second-order valence-corrected chi connectivity index (χ2v) is 5.78. The van der Waals surface area contributed by atoms with Gasteiger partial charge in [-0.15, -0.1) is 0 Å². The van der Waals surface area contributed by atoms with E-state index >= 15 is 0 Å². The Hall–Kier alpha value is -0.900. The molecule has 19 heavy (non-hydrogen) atoms. The van der Waals surface area contributed by atoms with Crippen LogP contribution in [0.5, 0.6) is 0 Å². The molecule has 1 saturated heterocycles. The fourth-order valence-electron chi connectivity index (χ4n) is 2.80. The minimum absolute atomic E-state index is 0.332. The summed E-state index contributed by atoms with van der Waals surface area (Å²) >= 11 is 0. The van der Waals surface area contributed by atoms with E-state index < -0.39 is 0 Å². The van der Waals surface area contributed by atoms with Gasteiger partial charge in [0.25, 0.3) is 0 Å². The van der Waals surface area contributed by atoms with Crippen LogP contribution in [0.4, 0.5) is 0 Å². The van der Waals surface area contributed by atoms with Crippen LogP contribution in [0.1, 0.15) is 30.9 Å². The van der Waals surface area contributed by atoms with E-state index in [1.165, 1.54) is 19.4 Å². The second kappa shape index (κ2) is 7.04. The summed E-state index contributed by atoms with van der Waals surface area (Å²) in [5.41, 5.74) is 1.03. The molecule has 106 valence electrons. The van der Waals surface area contributed by atoms with Crippen LogP contribution < -0.4 is 0 Å². The molecule has 0 saturated carbocycles. The minimum atomic E-state index is -0.332. The number of aliphatic hydroxyl groups excluding tert-OH is 1. The van der Waals surface area contributed by atoms with Crippen molar-refractivity contribution in [1.29, 1.82) is 0 Å². The highest BCUT2D eigenvalue weighted by Crippen LogP contribution is 2.19. The lowest BCUT2D eigenvalue weighted by molar-refractivity contribution is 0.102. The largest absolute Gasteiger partial charge is 0.388 e. The Balaban J connectivity index is 1.79. The highest BCUT2D eigenvalue weighted by molar-refractivity contribution is 5.17. The maximum Gasteiger partial charge on any atom is 0.0802 e. The average Bonchev–Trinajstić information content (AvgIpc) is 2.46. The molecule has 1 aromatic carbocycles. The van der Waals surface area contributed by atoms with Crippen molar-refractivity contribution in [2.24, 2.45) is 0 Å². The number of likely N-dealkylation sites (N-methyl/N-ethyl adjacent to an activating group) is 1. The topological polar surface area (TPSA) is 26.7 Å². The summed E-state index contributed by atoms with van der Waals surface area (Å²) in [6.07, 6.45) is 3.06. The molecule has 1 aromatic rings. The lowest BCUT2D eigenvalue weighted by atomic mass is 10.0. The van der Waals surface area contributed by atoms with Crippen LogP contribution in [0.15, 0.2) is 30.3 Å². The minimum Gasteiger partial charge on any atom is -0.388 e. The summed E-state index contributed by atoms with van der Waals surface area (Å²) < 4.78 is 0. The van der Waals surface area contributed by atoms with Crippen molar-refractivity contribution in [3.63, 3.8) is 0 Å². The SMILES string of the molecule is CN(C)C1CCCN(CCC(O)c2ccccc2)C1. The molecule has 1 aliphatic rings. The van der Waals surface area contributed by atoms with Crippen LogP contribution in [0, 0.1) is 0 Å². The van der Waals surface area contributed by atoms with Crippen molar-refractivity contribution >= 4 is 0 Å². The van der Waals surface area contributed by atoms with Crippen molar-refractivity contribution in [2.75, 3.05) is 33.7 Å². The quantitative estimate of drug-likeness (QED) is 0.880. The summed E-state index contributed by atoms with van der Waals surface area (Å²) in [6, 6.07) is 10.6. The van der Waals surface area contributed by atoms with E-state index in [1.807, 2.05) is 30.3 Å². The van der Waals surface area contributed by atoms with E-state index in [0.717, 1.165) is 25.1 Å². The number of rotatable bonds is 5. The molecular weight excluding hydrogens is 236 g/mol. The lowest BCUT2D eigenvalue weighted by Crippen LogP contribution is -2.45. The van der Waals surface area contributed by atoms with Crippen molar-refractivity contribution in [2.45, 2.75) is 31.4 Å². The molecule has 3 nitrogen and oxygen atoms in total. The van der Waals surface area contributed by atoms with E-state index in [4.69, 9.17) is 0 Å². The molecule has 0 bridgehead atoms. The zero-order chi connectivity index (χ0) is 13.7. The predicted octanol–water partition coefficient (Wildman–Crippen LogP) is 2.14. The predicted molar refractivity (Wildman–Crippen MR) is 79.2 cm³/mol. The van der Waals surface area contributed by atoms with Gasteiger partial charge in [-0.05, 0) is 45.5 Å². The van der Waals surface area contributed by atoms with Crippen LogP contribution in [-0.4, -0.2) is 54.7 Å². The molecular formula is C16H26N2O. The maximum absolute atomic E-state index is 10.2. The molecule has 1 N–H and O–H groups in total. The summed E-state index contributed by atoms with van der Waals surface area (Å²) in [7, 11) is 4.32. The fraction of sp³-hybridized carbons (Fsp3) is 0.625. The first kappa shape index (κ1) is 14.5. The van der Waals surface area contributed by atoms with Gasteiger partial charge in [0.15, 0.2) is 0 Å². The fourth-order valence-corrected chi connectivity index (χ4v) is 2.80. The number of hydrogen-bond acceptors (Lipinski definition) is 3. The molecule has 2 unspecified atom stereocenters. The number of aliphatic hydroxyl groups is 1. The molecule has 0 amide bonds. The first-order valence-electron chi connectivity index (χ1n) is 7.28. The van der Waals surface area contributed by atoms with Crippen LogP contribution in [0.2, 0.25) is 0 Å². The molecule has 1 heterocycles. The zero-order valence-corrected chi connectivity index (χ0v) is 12.1. The van der Waals surface area contributed by atoms with Gasteiger partial charge in [-0.2, -0.15) is 0 Å². The Morgan fingerprint density at radius 3 is 2.74 bits per heavy atom. The van der Waals surface area contributed by atoms with Gasteiger partial charge >= 0.3 is 0 Å². The summed E-state index contributed by atoms with van der Waals surface area (Å²) in [5.74, 6) is 0. The highest BCUT2D eigenvalue weighted by Gasteiger charge is 2.21. The molecule has 2 atom stereocenters. The van der Waals surface area contributed by atoms with Crippen molar-refractivity contribution < 1.29 is 5.11 Å². The number of benzene rings is 1. The summed E-state index contributed by atoms with van der Waals surface area (Å²) in [4.78, 5) is 4.81. The van der Waals surface area contributed by atoms with Crippen molar-refractivity contribution in [3.8, 4) is 0 Å². The maximum atomic E-state index is 10.2. The number of likely N-dealkylation sites (tertiary alicyclic amines) is 1. The third kappa shape index (κ3) is 4.30. The van der Waals surface area contributed by atoms with E-state index in [-0.39, 0.29) is 6.10 Å². The van der Waals surface area contributed by atoms with Gasteiger partial charge in [-0.1, -0.05) is 30.3 Å². The zero-order valence-electron chi connectivity index (χ0n) is 12.1. The Morgan fingerprint density at radius 2 is 2.05 bits per heavy atom. The molecule has 1 aliphatic heterocycles. The lowest BCUT2D eigenvalue weighted by Gasteiger charge is -2.36. The first-order chi connectivity index (χ1) is 9.16. The van der Waals surface area contributed by atoms with Gasteiger partial charge in [0.05, 0.1) is 6.10 Å². The van der Waals surface area contributed by atoms with Gasteiger partial charge in [0.1, 0.15) is 0 Å². The first-order valence-corrected chi connectivity index (χ1v) is 7.28.